The van der Waals surface area contributed by atoms with Gasteiger partial charge in [-0.15, -0.1) is 0 Å². The van der Waals surface area contributed by atoms with E-state index in [2.05, 4.69) is 9.97 Å². The fraction of sp³-hybridized carbons (Fsp3) is 0.263. The van der Waals surface area contributed by atoms with Crippen LogP contribution in [0.5, 0.6) is 17.2 Å². The minimum atomic E-state index is -0.426. The number of nitrogens with two attached hydrogens (primary N) is 1. The van der Waals surface area contributed by atoms with Crippen molar-refractivity contribution >= 4 is 22.5 Å². The van der Waals surface area contributed by atoms with E-state index in [1.165, 1.54) is 21.3 Å². The Morgan fingerprint density at radius 2 is 1.81 bits per heavy atom. The molecule has 0 spiro atoms. The molecule has 0 radical (unpaired) electrons. The van der Waals surface area contributed by atoms with Crippen LogP contribution in [0.25, 0.3) is 10.9 Å². The van der Waals surface area contributed by atoms with Crippen molar-refractivity contribution < 1.29 is 14.2 Å². The first-order chi connectivity index (χ1) is 13.0. The van der Waals surface area contributed by atoms with Crippen LogP contribution in [0.3, 0.4) is 0 Å². The van der Waals surface area contributed by atoms with Crippen LogP contribution in [-0.4, -0.2) is 38.3 Å². The summed E-state index contributed by atoms with van der Waals surface area (Å²) in [5, 5.41) is 0.298. The van der Waals surface area contributed by atoms with Gasteiger partial charge in [-0.25, -0.2) is 0 Å². The van der Waals surface area contributed by atoms with Crippen LogP contribution in [0.15, 0.2) is 35.1 Å². The number of rotatable bonds is 6. The quantitative estimate of drug-likeness (QED) is 0.641. The zero-order valence-electron chi connectivity index (χ0n) is 15.7. The Labute approximate surface area is 156 Å². The molecule has 27 heavy (non-hydrogen) atoms. The van der Waals surface area contributed by atoms with Gasteiger partial charge in [0, 0.05) is 25.3 Å². The number of nitrogen functional groups attached to an aromatic ring is 1. The van der Waals surface area contributed by atoms with Gasteiger partial charge in [0.15, 0.2) is 11.5 Å². The van der Waals surface area contributed by atoms with Gasteiger partial charge in [-0.3, -0.25) is 4.79 Å². The molecule has 0 saturated heterocycles. The predicted octanol–water partition coefficient (Wildman–Crippen LogP) is 2.17. The summed E-state index contributed by atoms with van der Waals surface area (Å²) in [7, 11) is 6.30. The molecule has 3 N–H and O–H groups in total. The average molecular weight is 370 g/mol. The molecule has 1 heterocycles. The van der Waals surface area contributed by atoms with Gasteiger partial charge in [-0.1, -0.05) is 18.2 Å². The molecular weight excluding hydrogens is 348 g/mol. The third-order valence-corrected chi connectivity index (χ3v) is 4.32. The highest BCUT2D eigenvalue weighted by Crippen LogP contribution is 2.41. The zero-order valence-corrected chi connectivity index (χ0v) is 15.7. The summed E-state index contributed by atoms with van der Waals surface area (Å²) in [6, 6.07) is 9.25. The molecule has 0 unspecified atom stereocenters. The lowest BCUT2D eigenvalue weighted by atomic mass is 10.1. The number of ether oxygens (including phenoxy) is 3. The Hall–Kier alpha value is -3.42. The van der Waals surface area contributed by atoms with Gasteiger partial charge in [0.1, 0.15) is 5.39 Å². The smallest absolute Gasteiger partial charge is 0.286 e. The SMILES string of the molecule is COc1cc2[nH]c(N(C)Cc3ccccc3N)nc(=O)c2c(OC)c1OC. The molecule has 2 aromatic carbocycles. The van der Waals surface area contributed by atoms with Crippen LogP contribution in [0.1, 0.15) is 5.56 Å². The maximum absolute atomic E-state index is 12.7. The van der Waals surface area contributed by atoms with Crippen LogP contribution in [0.4, 0.5) is 11.6 Å². The summed E-state index contributed by atoms with van der Waals surface area (Å²) < 4.78 is 16.1. The predicted molar refractivity (Wildman–Crippen MR) is 105 cm³/mol. The second kappa shape index (κ2) is 7.45. The molecule has 0 atom stereocenters. The van der Waals surface area contributed by atoms with E-state index >= 15 is 0 Å². The highest BCUT2D eigenvalue weighted by atomic mass is 16.5. The first-order valence-corrected chi connectivity index (χ1v) is 8.27. The first kappa shape index (κ1) is 18.4. The minimum absolute atomic E-state index is 0.280. The summed E-state index contributed by atoms with van der Waals surface area (Å²) >= 11 is 0. The van der Waals surface area contributed by atoms with Crippen molar-refractivity contribution in [3.05, 3.63) is 46.2 Å². The molecule has 0 saturated carbocycles. The van der Waals surface area contributed by atoms with Gasteiger partial charge < -0.3 is 29.8 Å². The molecule has 0 aliphatic heterocycles. The Morgan fingerprint density at radius 3 is 2.44 bits per heavy atom. The molecule has 1 aromatic heterocycles. The summed E-state index contributed by atoms with van der Waals surface area (Å²) in [5.41, 5.74) is 7.74. The lowest BCUT2D eigenvalue weighted by molar-refractivity contribution is 0.327. The molecule has 0 aliphatic carbocycles. The molecule has 0 fully saturated rings. The van der Waals surface area contributed by atoms with Crippen molar-refractivity contribution in [3.63, 3.8) is 0 Å². The van der Waals surface area contributed by atoms with Crippen molar-refractivity contribution in [1.29, 1.82) is 0 Å². The summed E-state index contributed by atoms with van der Waals surface area (Å²) in [6.45, 7) is 0.492. The number of H-pyrrole nitrogens is 1. The van der Waals surface area contributed by atoms with E-state index in [0.717, 1.165) is 5.56 Å². The highest BCUT2D eigenvalue weighted by Gasteiger charge is 2.20. The normalized spacial score (nSPS) is 10.7. The second-order valence-corrected chi connectivity index (χ2v) is 5.99. The maximum atomic E-state index is 12.7. The Morgan fingerprint density at radius 1 is 1.11 bits per heavy atom. The monoisotopic (exact) mass is 370 g/mol. The fourth-order valence-corrected chi connectivity index (χ4v) is 2.96. The van der Waals surface area contributed by atoms with Crippen LogP contribution < -0.4 is 30.4 Å². The minimum Gasteiger partial charge on any atom is -0.493 e. The van der Waals surface area contributed by atoms with E-state index < -0.39 is 5.56 Å². The molecular formula is C19H22N4O4. The fourth-order valence-electron chi connectivity index (χ4n) is 2.96. The summed E-state index contributed by atoms with van der Waals surface area (Å²) in [6.07, 6.45) is 0. The third kappa shape index (κ3) is 3.33. The molecule has 0 bridgehead atoms. The van der Waals surface area contributed by atoms with E-state index in [4.69, 9.17) is 19.9 Å². The number of hydrogen-bond donors (Lipinski definition) is 2. The number of hydrogen-bond acceptors (Lipinski definition) is 7. The van der Waals surface area contributed by atoms with Crippen molar-refractivity contribution in [1.82, 2.24) is 9.97 Å². The summed E-state index contributed by atoms with van der Waals surface area (Å²) in [4.78, 5) is 21.9. The summed E-state index contributed by atoms with van der Waals surface area (Å²) in [5.74, 6) is 1.48. The van der Waals surface area contributed by atoms with E-state index in [9.17, 15) is 4.79 Å². The van der Waals surface area contributed by atoms with Crippen molar-refractivity contribution in [3.8, 4) is 17.2 Å². The number of nitrogens with one attached hydrogen (secondary N) is 1. The van der Waals surface area contributed by atoms with Crippen LogP contribution in [0, 0.1) is 0 Å². The first-order valence-electron chi connectivity index (χ1n) is 8.27. The van der Waals surface area contributed by atoms with Crippen molar-refractivity contribution in [2.75, 3.05) is 39.0 Å². The molecule has 3 aromatic rings. The Kier molecular flexibility index (Phi) is 5.07. The topological polar surface area (TPSA) is 103 Å². The number of aromatic amines is 1. The number of para-hydroxylation sites is 1. The molecule has 8 heteroatoms. The van der Waals surface area contributed by atoms with E-state index in [1.54, 1.807) is 6.07 Å². The number of benzene rings is 2. The molecule has 0 aliphatic rings. The largest absolute Gasteiger partial charge is 0.493 e. The highest BCUT2D eigenvalue weighted by molar-refractivity contribution is 5.90. The van der Waals surface area contributed by atoms with E-state index in [0.29, 0.717) is 40.6 Å². The van der Waals surface area contributed by atoms with Crippen molar-refractivity contribution in [2.24, 2.45) is 0 Å². The number of nitrogens with zero attached hydrogens (tertiary/aromatic N) is 2. The molecule has 3 rings (SSSR count). The number of fused-ring (bicyclic) bond motifs is 1. The van der Waals surface area contributed by atoms with Gasteiger partial charge in [0.2, 0.25) is 11.7 Å². The van der Waals surface area contributed by atoms with Crippen LogP contribution in [-0.2, 0) is 6.54 Å². The van der Waals surface area contributed by atoms with Gasteiger partial charge in [0.05, 0.1) is 26.8 Å². The molecule has 8 nitrogen and oxygen atoms in total. The lowest BCUT2D eigenvalue weighted by Crippen LogP contribution is -2.23. The number of methoxy groups -OCH3 is 3. The lowest BCUT2D eigenvalue weighted by Gasteiger charge is -2.20. The zero-order chi connectivity index (χ0) is 19.6. The van der Waals surface area contributed by atoms with Gasteiger partial charge in [-0.2, -0.15) is 4.98 Å². The Bertz CT molecular complexity index is 1030. The maximum Gasteiger partial charge on any atom is 0.286 e. The standard InChI is InChI=1S/C19H22N4O4/c1-23(10-11-7-5-6-8-12(11)20)19-21-13-9-14(25-2)16(26-3)17(27-4)15(13)18(24)22-19/h5-9H,10,20H2,1-4H3,(H,21,22,24). The average Bonchev–Trinajstić information content (AvgIpc) is 2.67. The van der Waals surface area contributed by atoms with E-state index in [1.807, 2.05) is 36.2 Å². The van der Waals surface area contributed by atoms with Crippen LogP contribution in [0.2, 0.25) is 0 Å². The molecule has 142 valence electrons. The van der Waals surface area contributed by atoms with Gasteiger partial charge in [0.25, 0.3) is 5.56 Å². The number of aromatic nitrogens is 2. The third-order valence-electron chi connectivity index (χ3n) is 4.32. The van der Waals surface area contributed by atoms with Crippen molar-refractivity contribution in [2.45, 2.75) is 6.54 Å². The van der Waals surface area contributed by atoms with Gasteiger partial charge >= 0.3 is 0 Å². The van der Waals surface area contributed by atoms with Crippen LogP contribution >= 0.6 is 0 Å². The number of anilines is 2. The second-order valence-electron chi connectivity index (χ2n) is 5.99. The Balaban J connectivity index is 2.11. The van der Waals surface area contributed by atoms with E-state index in [-0.39, 0.29) is 5.75 Å². The molecule has 0 amide bonds. The van der Waals surface area contributed by atoms with Gasteiger partial charge in [-0.05, 0) is 11.6 Å².